The first kappa shape index (κ1) is 14.0. The first-order valence-corrected chi connectivity index (χ1v) is 6.48. The van der Waals surface area contributed by atoms with Gasteiger partial charge in [0.25, 0.3) is 11.4 Å². The summed E-state index contributed by atoms with van der Waals surface area (Å²) in [6.45, 7) is 0. The topological polar surface area (TPSA) is 86.3 Å². The average molecular weight is 274 g/mol. The molecule has 1 aliphatic rings. The molecule has 2 rings (SSSR count). The molecule has 1 aromatic carbocycles. The van der Waals surface area contributed by atoms with E-state index in [2.05, 4.69) is 5.92 Å². The maximum absolute atomic E-state index is 11.2. The SMILES string of the molecule is C#Cc1cc([N+](=O)[O-])c(C2CCCCC2)c([N+](=O)[O-])c1. The normalized spacial score (nSPS) is 15.6. The molecule has 6 nitrogen and oxygen atoms in total. The molecule has 0 unspecified atom stereocenters. The summed E-state index contributed by atoms with van der Waals surface area (Å²) in [6, 6.07) is 2.52. The van der Waals surface area contributed by atoms with Crippen molar-refractivity contribution in [2.75, 3.05) is 0 Å². The van der Waals surface area contributed by atoms with Crippen LogP contribution >= 0.6 is 0 Å². The summed E-state index contributed by atoms with van der Waals surface area (Å²) >= 11 is 0. The van der Waals surface area contributed by atoms with Crippen LogP contribution in [0, 0.1) is 32.6 Å². The Balaban J connectivity index is 2.64. The lowest BCUT2D eigenvalue weighted by atomic mass is 9.82. The molecule has 1 aromatic rings. The number of hydrogen-bond donors (Lipinski definition) is 0. The molecule has 6 heteroatoms. The van der Waals surface area contributed by atoms with Gasteiger partial charge in [-0.05, 0) is 18.8 Å². The van der Waals surface area contributed by atoms with Gasteiger partial charge in [-0.25, -0.2) is 0 Å². The van der Waals surface area contributed by atoms with E-state index in [1.165, 1.54) is 12.1 Å². The molecule has 0 radical (unpaired) electrons. The first-order valence-electron chi connectivity index (χ1n) is 6.48. The molecule has 0 heterocycles. The minimum Gasteiger partial charge on any atom is -0.258 e. The molecule has 0 spiro atoms. The number of nitro benzene ring substituents is 2. The molecule has 1 saturated carbocycles. The van der Waals surface area contributed by atoms with Gasteiger partial charge >= 0.3 is 0 Å². The lowest BCUT2D eigenvalue weighted by Crippen LogP contribution is -2.10. The molecular formula is C14H14N2O4. The molecular weight excluding hydrogens is 260 g/mol. The second-order valence-electron chi connectivity index (χ2n) is 4.92. The van der Waals surface area contributed by atoms with Gasteiger partial charge in [0.1, 0.15) is 5.56 Å². The quantitative estimate of drug-likeness (QED) is 0.479. The van der Waals surface area contributed by atoms with Crippen LogP contribution in [0.3, 0.4) is 0 Å². The van der Waals surface area contributed by atoms with E-state index in [0.717, 1.165) is 32.1 Å². The molecule has 104 valence electrons. The maximum atomic E-state index is 11.2. The van der Waals surface area contributed by atoms with Gasteiger partial charge in [0.05, 0.1) is 9.85 Å². The van der Waals surface area contributed by atoms with Crippen molar-refractivity contribution in [2.45, 2.75) is 38.0 Å². The molecule has 0 saturated heterocycles. The van der Waals surface area contributed by atoms with Crippen molar-refractivity contribution in [2.24, 2.45) is 0 Å². The highest BCUT2D eigenvalue weighted by Gasteiger charge is 2.32. The van der Waals surface area contributed by atoms with E-state index in [4.69, 9.17) is 6.42 Å². The summed E-state index contributed by atoms with van der Waals surface area (Å²) in [6.07, 6.45) is 9.67. The average Bonchev–Trinajstić information content (AvgIpc) is 2.46. The standard InChI is InChI=1S/C14H14N2O4/c1-2-10-8-12(15(17)18)14(13(9-10)16(19)20)11-6-4-3-5-7-11/h1,8-9,11H,3-7H2. The number of benzene rings is 1. The summed E-state index contributed by atoms with van der Waals surface area (Å²) in [5.41, 5.74) is -0.0419. The second-order valence-corrected chi connectivity index (χ2v) is 4.92. The molecule has 0 bridgehead atoms. The molecule has 20 heavy (non-hydrogen) atoms. The largest absolute Gasteiger partial charge is 0.281 e. The Kier molecular flexibility index (Phi) is 3.99. The lowest BCUT2D eigenvalue weighted by Gasteiger charge is -2.21. The van der Waals surface area contributed by atoms with Crippen molar-refractivity contribution < 1.29 is 9.85 Å². The second kappa shape index (κ2) is 5.70. The third-order valence-corrected chi connectivity index (χ3v) is 3.71. The van der Waals surface area contributed by atoms with Gasteiger partial charge in [0, 0.05) is 17.7 Å². The first-order chi connectivity index (χ1) is 9.54. The van der Waals surface area contributed by atoms with Gasteiger partial charge in [-0.15, -0.1) is 6.42 Å². The van der Waals surface area contributed by atoms with E-state index in [-0.39, 0.29) is 28.4 Å². The number of nitro groups is 2. The van der Waals surface area contributed by atoms with E-state index < -0.39 is 9.85 Å². The van der Waals surface area contributed by atoms with Gasteiger partial charge in [-0.3, -0.25) is 20.2 Å². The Bertz CT molecular complexity index is 563. The molecule has 1 fully saturated rings. The van der Waals surface area contributed by atoms with Crippen LogP contribution in [0.15, 0.2) is 12.1 Å². The van der Waals surface area contributed by atoms with Crippen LogP contribution in [0.25, 0.3) is 0 Å². The van der Waals surface area contributed by atoms with E-state index in [1.807, 2.05) is 0 Å². The van der Waals surface area contributed by atoms with Crippen molar-refractivity contribution in [1.29, 1.82) is 0 Å². The Morgan fingerprint density at radius 2 is 1.55 bits per heavy atom. The third-order valence-electron chi connectivity index (χ3n) is 3.71. The smallest absolute Gasteiger partial charge is 0.258 e. The molecule has 1 aliphatic carbocycles. The summed E-state index contributed by atoms with van der Waals surface area (Å²) in [7, 11) is 0. The fourth-order valence-electron chi connectivity index (χ4n) is 2.82. The summed E-state index contributed by atoms with van der Waals surface area (Å²) < 4.78 is 0. The van der Waals surface area contributed by atoms with Gasteiger partial charge in [-0.1, -0.05) is 25.2 Å². The van der Waals surface area contributed by atoms with Crippen LogP contribution in [0.2, 0.25) is 0 Å². The molecule has 0 atom stereocenters. The van der Waals surface area contributed by atoms with Crippen molar-refractivity contribution in [1.82, 2.24) is 0 Å². The number of hydrogen-bond acceptors (Lipinski definition) is 4. The van der Waals surface area contributed by atoms with Crippen molar-refractivity contribution in [3.63, 3.8) is 0 Å². The maximum Gasteiger partial charge on any atom is 0.281 e. The highest BCUT2D eigenvalue weighted by Crippen LogP contribution is 2.42. The van der Waals surface area contributed by atoms with Crippen LogP contribution in [-0.4, -0.2) is 9.85 Å². The predicted octanol–water partition coefficient (Wildman–Crippen LogP) is 3.53. The Hall–Kier alpha value is -2.42. The number of rotatable bonds is 3. The molecule has 0 aromatic heterocycles. The zero-order chi connectivity index (χ0) is 14.7. The zero-order valence-corrected chi connectivity index (χ0v) is 10.9. The van der Waals surface area contributed by atoms with Crippen LogP contribution in [0.5, 0.6) is 0 Å². The lowest BCUT2D eigenvalue weighted by molar-refractivity contribution is -0.395. The fraction of sp³-hybridized carbons (Fsp3) is 0.429. The monoisotopic (exact) mass is 274 g/mol. The number of nitrogens with zero attached hydrogens (tertiary/aromatic N) is 2. The van der Waals surface area contributed by atoms with Crippen LogP contribution in [0.4, 0.5) is 11.4 Å². The Morgan fingerprint density at radius 3 is 1.95 bits per heavy atom. The predicted molar refractivity (Wildman–Crippen MR) is 73.5 cm³/mol. The van der Waals surface area contributed by atoms with Crippen LogP contribution in [0.1, 0.15) is 49.1 Å². The van der Waals surface area contributed by atoms with Crippen molar-refractivity contribution in [3.8, 4) is 12.3 Å². The Morgan fingerprint density at radius 1 is 1.05 bits per heavy atom. The van der Waals surface area contributed by atoms with E-state index in [0.29, 0.717) is 0 Å². The molecule has 0 aliphatic heterocycles. The molecule has 0 amide bonds. The van der Waals surface area contributed by atoms with Gasteiger partial charge in [0.2, 0.25) is 0 Å². The summed E-state index contributed by atoms with van der Waals surface area (Å²) in [5, 5.41) is 22.4. The minimum absolute atomic E-state index is 0.128. The van der Waals surface area contributed by atoms with E-state index in [1.54, 1.807) is 0 Å². The third kappa shape index (κ3) is 2.62. The highest BCUT2D eigenvalue weighted by molar-refractivity contribution is 5.61. The van der Waals surface area contributed by atoms with Crippen LogP contribution < -0.4 is 0 Å². The van der Waals surface area contributed by atoms with Crippen molar-refractivity contribution >= 4 is 11.4 Å². The fourth-order valence-corrected chi connectivity index (χ4v) is 2.82. The van der Waals surface area contributed by atoms with Crippen molar-refractivity contribution in [3.05, 3.63) is 43.5 Å². The molecule has 0 N–H and O–H groups in total. The van der Waals surface area contributed by atoms with Gasteiger partial charge < -0.3 is 0 Å². The van der Waals surface area contributed by atoms with Gasteiger partial charge in [-0.2, -0.15) is 0 Å². The zero-order valence-electron chi connectivity index (χ0n) is 10.9. The minimum atomic E-state index is -0.572. The van der Waals surface area contributed by atoms with E-state index in [9.17, 15) is 20.2 Å². The number of terminal acetylenes is 1. The summed E-state index contributed by atoms with van der Waals surface area (Å²) in [5.74, 6) is 2.11. The summed E-state index contributed by atoms with van der Waals surface area (Å²) in [4.78, 5) is 21.3. The van der Waals surface area contributed by atoms with Crippen LogP contribution in [-0.2, 0) is 0 Å². The Labute approximate surface area is 116 Å². The van der Waals surface area contributed by atoms with E-state index >= 15 is 0 Å². The van der Waals surface area contributed by atoms with Gasteiger partial charge in [0.15, 0.2) is 0 Å². The highest BCUT2D eigenvalue weighted by atomic mass is 16.6.